The van der Waals surface area contributed by atoms with Gasteiger partial charge in [-0.05, 0) is 37.5 Å². The van der Waals surface area contributed by atoms with Crippen LogP contribution in [0.25, 0.3) is 0 Å². The van der Waals surface area contributed by atoms with Crippen molar-refractivity contribution < 1.29 is 18.7 Å². The predicted molar refractivity (Wildman–Crippen MR) is 62.6 cm³/mol. The van der Waals surface area contributed by atoms with Crippen LogP contribution in [0.2, 0.25) is 0 Å². The molecule has 1 aliphatic rings. The maximum absolute atomic E-state index is 13.2. The number of aryl methyl sites for hydroxylation is 1. The zero-order valence-corrected chi connectivity index (χ0v) is 10.0. The summed E-state index contributed by atoms with van der Waals surface area (Å²) in [4.78, 5) is 22.8. The largest absolute Gasteiger partial charge is 0.452 e. The van der Waals surface area contributed by atoms with E-state index < -0.39 is 11.8 Å². The summed E-state index contributed by atoms with van der Waals surface area (Å²) < 4.78 is 18.0. The minimum Gasteiger partial charge on any atom is -0.452 e. The fraction of sp³-hybridized carbons (Fsp3) is 0.385. The van der Waals surface area contributed by atoms with Crippen LogP contribution in [0.4, 0.5) is 4.39 Å². The van der Waals surface area contributed by atoms with Crippen LogP contribution in [-0.2, 0) is 9.53 Å². The molecular weight excluding hydrogens is 237 g/mol. The van der Waals surface area contributed by atoms with Gasteiger partial charge in [-0.2, -0.15) is 0 Å². The molecule has 0 aliphatic heterocycles. The van der Waals surface area contributed by atoms with Gasteiger partial charge in [0.15, 0.2) is 6.61 Å². The van der Waals surface area contributed by atoms with Gasteiger partial charge < -0.3 is 10.1 Å². The Hall–Kier alpha value is -1.91. The molecule has 0 radical (unpaired) electrons. The van der Waals surface area contributed by atoms with Crippen molar-refractivity contribution in [3.8, 4) is 0 Å². The molecule has 5 heteroatoms. The van der Waals surface area contributed by atoms with E-state index in [1.165, 1.54) is 12.1 Å². The highest BCUT2D eigenvalue weighted by Gasteiger charge is 2.23. The molecular formula is C13H14FNO3. The average Bonchev–Trinajstić information content (AvgIpc) is 3.13. The number of ether oxygens (including phenoxy) is 1. The number of carbonyl (C=O) groups excluding carboxylic acids is 2. The monoisotopic (exact) mass is 251 g/mol. The van der Waals surface area contributed by atoms with Crippen molar-refractivity contribution in [2.75, 3.05) is 6.61 Å². The van der Waals surface area contributed by atoms with E-state index in [0.29, 0.717) is 5.56 Å². The fourth-order valence-corrected chi connectivity index (χ4v) is 1.43. The first kappa shape index (κ1) is 12.5. The first-order valence-electron chi connectivity index (χ1n) is 5.79. The van der Waals surface area contributed by atoms with E-state index in [4.69, 9.17) is 4.74 Å². The van der Waals surface area contributed by atoms with E-state index >= 15 is 0 Å². The third-order valence-corrected chi connectivity index (χ3v) is 2.68. The predicted octanol–water partition coefficient (Wildman–Crippen LogP) is 1.57. The number of carbonyl (C=O) groups is 2. The van der Waals surface area contributed by atoms with Crippen molar-refractivity contribution in [2.45, 2.75) is 25.8 Å². The SMILES string of the molecule is Cc1ccc(C(=O)OCC(=O)NC2CC2)cc1F. The normalized spacial score (nSPS) is 14.1. The Morgan fingerprint density at radius 3 is 2.78 bits per heavy atom. The van der Waals surface area contributed by atoms with Gasteiger partial charge in [0, 0.05) is 6.04 Å². The number of halogens is 1. The summed E-state index contributed by atoms with van der Waals surface area (Å²) in [7, 11) is 0. The fourth-order valence-electron chi connectivity index (χ4n) is 1.43. The number of rotatable bonds is 4. The summed E-state index contributed by atoms with van der Waals surface area (Å²) in [5.74, 6) is -1.48. The lowest BCUT2D eigenvalue weighted by molar-refractivity contribution is -0.124. The van der Waals surface area contributed by atoms with Crippen molar-refractivity contribution in [1.82, 2.24) is 5.32 Å². The molecule has 1 saturated carbocycles. The van der Waals surface area contributed by atoms with Gasteiger partial charge in [0.05, 0.1) is 5.56 Å². The van der Waals surface area contributed by atoms with Crippen LogP contribution < -0.4 is 5.32 Å². The van der Waals surface area contributed by atoms with E-state index in [1.807, 2.05) is 0 Å². The molecule has 2 rings (SSSR count). The Morgan fingerprint density at radius 1 is 1.44 bits per heavy atom. The van der Waals surface area contributed by atoms with E-state index in [9.17, 15) is 14.0 Å². The molecule has 0 heterocycles. The van der Waals surface area contributed by atoms with E-state index in [1.54, 1.807) is 6.92 Å². The quantitative estimate of drug-likeness (QED) is 0.826. The lowest BCUT2D eigenvalue weighted by Gasteiger charge is -2.06. The Balaban J connectivity index is 1.86. The molecule has 18 heavy (non-hydrogen) atoms. The Kier molecular flexibility index (Phi) is 3.60. The molecule has 0 spiro atoms. The standard InChI is InChI=1S/C13H14FNO3/c1-8-2-3-9(6-11(8)14)13(17)18-7-12(16)15-10-4-5-10/h2-3,6,10H,4-5,7H2,1H3,(H,15,16). The third kappa shape index (κ3) is 3.29. The molecule has 1 N–H and O–H groups in total. The smallest absolute Gasteiger partial charge is 0.338 e. The second kappa shape index (κ2) is 5.16. The highest BCUT2D eigenvalue weighted by Crippen LogP contribution is 2.18. The second-order valence-corrected chi connectivity index (χ2v) is 4.38. The van der Waals surface area contributed by atoms with Gasteiger partial charge >= 0.3 is 5.97 Å². The Labute approximate surface area is 104 Å². The maximum atomic E-state index is 13.2. The highest BCUT2D eigenvalue weighted by atomic mass is 19.1. The molecule has 0 aromatic heterocycles. The molecule has 0 saturated heterocycles. The zero-order valence-electron chi connectivity index (χ0n) is 10.0. The van der Waals surface area contributed by atoms with Gasteiger partial charge in [0.25, 0.3) is 5.91 Å². The number of benzene rings is 1. The van der Waals surface area contributed by atoms with Crippen LogP contribution in [0.3, 0.4) is 0 Å². The van der Waals surface area contributed by atoms with Gasteiger partial charge in [0.1, 0.15) is 5.82 Å². The summed E-state index contributed by atoms with van der Waals surface area (Å²) in [5, 5.41) is 2.69. The van der Waals surface area contributed by atoms with Gasteiger partial charge in [-0.1, -0.05) is 6.07 Å². The van der Waals surface area contributed by atoms with Crippen LogP contribution in [0, 0.1) is 12.7 Å². The zero-order chi connectivity index (χ0) is 13.1. The minimum atomic E-state index is -0.695. The third-order valence-electron chi connectivity index (χ3n) is 2.68. The van der Waals surface area contributed by atoms with Gasteiger partial charge in [0.2, 0.25) is 0 Å². The van der Waals surface area contributed by atoms with Crippen LogP contribution in [0.1, 0.15) is 28.8 Å². The average molecular weight is 251 g/mol. The summed E-state index contributed by atoms with van der Waals surface area (Å²) in [6.07, 6.45) is 1.95. The van der Waals surface area contributed by atoms with Crippen molar-refractivity contribution in [2.24, 2.45) is 0 Å². The van der Waals surface area contributed by atoms with Gasteiger partial charge in [-0.3, -0.25) is 4.79 Å². The van der Waals surface area contributed by atoms with Crippen molar-refractivity contribution in [3.63, 3.8) is 0 Å². The molecule has 0 unspecified atom stereocenters. The topological polar surface area (TPSA) is 55.4 Å². The van der Waals surface area contributed by atoms with Gasteiger partial charge in [-0.15, -0.1) is 0 Å². The lowest BCUT2D eigenvalue weighted by Crippen LogP contribution is -2.30. The highest BCUT2D eigenvalue weighted by molar-refractivity contribution is 5.91. The first-order valence-corrected chi connectivity index (χ1v) is 5.79. The van der Waals surface area contributed by atoms with Crippen LogP contribution in [0.5, 0.6) is 0 Å². The van der Waals surface area contributed by atoms with Crippen molar-refractivity contribution in [3.05, 3.63) is 35.1 Å². The molecule has 0 atom stereocenters. The number of hydrogen-bond donors (Lipinski definition) is 1. The summed E-state index contributed by atoms with van der Waals surface area (Å²) in [6, 6.07) is 4.31. The van der Waals surface area contributed by atoms with E-state index in [2.05, 4.69) is 5.32 Å². The minimum absolute atomic E-state index is 0.109. The number of esters is 1. The number of amides is 1. The van der Waals surface area contributed by atoms with Crippen LogP contribution in [-0.4, -0.2) is 24.5 Å². The molecule has 1 amide bonds. The number of nitrogens with one attached hydrogen (secondary N) is 1. The first-order chi connectivity index (χ1) is 8.56. The second-order valence-electron chi connectivity index (χ2n) is 4.38. The molecule has 1 aromatic carbocycles. The van der Waals surface area contributed by atoms with E-state index in [0.717, 1.165) is 18.9 Å². The molecule has 1 aromatic rings. The molecule has 96 valence electrons. The summed E-state index contributed by atoms with van der Waals surface area (Å²) in [6.45, 7) is 1.28. The summed E-state index contributed by atoms with van der Waals surface area (Å²) in [5.41, 5.74) is 0.565. The molecule has 4 nitrogen and oxygen atoms in total. The van der Waals surface area contributed by atoms with Crippen LogP contribution >= 0.6 is 0 Å². The van der Waals surface area contributed by atoms with Gasteiger partial charge in [-0.25, -0.2) is 9.18 Å². The molecule has 1 fully saturated rings. The molecule has 1 aliphatic carbocycles. The number of hydrogen-bond acceptors (Lipinski definition) is 3. The maximum Gasteiger partial charge on any atom is 0.338 e. The summed E-state index contributed by atoms with van der Waals surface area (Å²) >= 11 is 0. The van der Waals surface area contributed by atoms with Crippen LogP contribution in [0.15, 0.2) is 18.2 Å². The lowest BCUT2D eigenvalue weighted by atomic mass is 10.1. The van der Waals surface area contributed by atoms with Crippen molar-refractivity contribution in [1.29, 1.82) is 0 Å². The van der Waals surface area contributed by atoms with Crippen molar-refractivity contribution >= 4 is 11.9 Å². The van der Waals surface area contributed by atoms with E-state index in [-0.39, 0.29) is 24.1 Å². The Bertz CT molecular complexity index is 483. The Morgan fingerprint density at radius 2 is 2.17 bits per heavy atom. The molecule has 0 bridgehead atoms.